The standard InChI is InChI=1S/C13H18O2/c1-3-5-12(14)13(15)9-11-7-4-6-10(2)8-11/h4,6-8,12,14H,3,5,9H2,1-2H3. The number of carbonyl (C=O) groups is 1. The van der Waals surface area contributed by atoms with Crippen molar-refractivity contribution in [1.82, 2.24) is 0 Å². The van der Waals surface area contributed by atoms with Crippen LogP contribution in [-0.2, 0) is 11.2 Å². The van der Waals surface area contributed by atoms with E-state index in [-0.39, 0.29) is 5.78 Å². The van der Waals surface area contributed by atoms with E-state index in [2.05, 4.69) is 0 Å². The Morgan fingerprint density at radius 3 is 2.80 bits per heavy atom. The van der Waals surface area contributed by atoms with Crippen LogP contribution < -0.4 is 0 Å². The normalized spacial score (nSPS) is 12.5. The van der Waals surface area contributed by atoms with E-state index in [0.29, 0.717) is 12.8 Å². The monoisotopic (exact) mass is 206 g/mol. The molecule has 0 fully saturated rings. The Morgan fingerprint density at radius 1 is 1.47 bits per heavy atom. The first-order chi connectivity index (χ1) is 7.13. The third kappa shape index (κ3) is 3.84. The molecule has 0 saturated heterocycles. The molecule has 0 saturated carbocycles. The van der Waals surface area contributed by atoms with Crippen molar-refractivity contribution in [3.63, 3.8) is 0 Å². The topological polar surface area (TPSA) is 37.3 Å². The van der Waals surface area contributed by atoms with Crippen molar-refractivity contribution < 1.29 is 9.90 Å². The number of rotatable bonds is 5. The highest BCUT2D eigenvalue weighted by atomic mass is 16.3. The van der Waals surface area contributed by atoms with E-state index in [1.807, 2.05) is 38.1 Å². The Kier molecular flexibility index (Phi) is 4.50. The van der Waals surface area contributed by atoms with E-state index < -0.39 is 6.10 Å². The Morgan fingerprint density at radius 2 is 2.20 bits per heavy atom. The van der Waals surface area contributed by atoms with Crippen molar-refractivity contribution in [2.24, 2.45) is 0 Å². The summed E-state index contributed by atoms with van der Waals surface area (Å²) in [5.41, 5.74) is 2.13. The molecule has 1 aromatic rings. The first-order valence-electron chi connectivity index (χ1n) is 5.39. The van der Waals surface area contributed by atoms with Crippen LogP contribution in [0.3, 0.4) is 0 Å². The quantitative estimate of drug-likeness (QED) is 0.802. The molecular formula is C13H18O2. The molecule has 0 amide bonds. The number of hydrogen-bond donors (Lipinski definition) is 1. The summed E-state index contributed by atoms with van der Waals surface area (Å²) < 4.78 is 0. The summed E-state index contributed by atoms with van der Waals surface area (Å²) in [6.07, 6.45) is 0.935. The summed E-state index contributed by atoms with van der Waals surface area (Å²) in [6, 6.07) is 7.83. The van der Waals surface area contributed by atoms with Gasteiger partial charge in [-0.25, -0.2) is 0 Å². The van der Waals surface area contributed by atoms with Gasteiger partial charge in [-0.2, -0.15) is 0 Å². The molecule has 0 bridgehead atoms. The molecule has 0 aliphatic carbocycles. The third-order valence-electron chi connectivity index (χ3n) is 2.39. The lowest BCUT2D eigenvalue weighted by Crippen LogP contribution is -2.21. The first kappa shape index (κ1) is 11.9. The molecule has 1 unspecified atom stereocenters. The molecule has 2 heteroatoms. The average molecular weight is 206 g/mol. The molecule has 0 aliphatic heterocycles. The van der Waals surface area contributed by atoms with Gasteiger partial charge in [0.05, 0.1) is 0 Å². The van der Waals surface area contributed by atoms with Crippen LogP contribution >= 0.6 is 0 Å². The maximum absolute atomic E-state index is 11.6. The highest BCUT2D eigenvalue weighted by Gasteiger charge is 2.13. The molecule has 2 nitrogen and oxygen atoms in total. The fourth-order valence-electron chi connectivity index (χ4n) is 1.58. The molecule has 0 spiro atoms. The number of aryl methyl sites for hydroxylation is 1. The van der Waals surface area contributed by atoms with Gasteiger partial charge < -0.3 is 5.11 Å². The Bertz CT molecular complexity index is 331. The number of Topliss-reactive ketones (excluding diaryl/α,β-unsaturated/α-hetero) is 1. The van der Waals surface area contributed by atoms with E-state index in [9.17, 15) is 9.90 Å². The minimum absolute atomic E-state index is 0.0811. The summed E-state index contributed by atoms with van der Waals surface area (Å²) >= 11 is 0. The van der Waals surface area contributed by atoms with Crippen LogP contribution in [0.2, 0.25) is 0 Å². The van der Waals surface area contributed by atoms with E-state index in [0.717, 1.165) is 17.5 Å². The average Bonchev–Trinajstić information content (AvgIpc) is 2.18. The number of hydrogen-bond acceptors (Lipinski definition) is 2. The molecule has 0 aliphatic rings. The van der Waals surface area contributed by atoms with Gasteiger partial charge in [0, 0.05) is 6.42 Å². The molecule has 1 atom stereocenters. The highest BCUT2D eigenvalue weighted by molar-refractivity contribution is 5.84. The van der Waals surface area contributed by atoms with Crippen LogP contribution in [0.1, 0.15) is 30.9 Å². The lowest BCUT2D eigenvalue weighted by Gasteiger charge is -2.08. The van der Waals surface area contributed by atoms with Crippen LogP contribution in [0.15, 0.2) is 24.3 Å². The second-order valence-corrected chi connectivity index (χ2v) is 3.94. The molecule has 82 valence electrons. The lowest BCUT2D eigenvalue weighted by atomic mass is 10.0. The van der Waals surface area contributed by atoms with E-state index in [1.165, 1.54) is 0 Å². The van der Waals surface area contributed by atoms with Crippen LogP contribution in [0.25, 0.3) is 0 Å². The number of carbonyl (C=O) groups excluding carboxylic acids is 1. The molecule has 1 N–H and O–H groups in total. The van der Waals surface area contributed by atoms with Gasteiger partial charge >= 0.3 is 0 Å². The first-order valence-corrected chi connectivity index (χ1v) is 5.39. The molecule has 15 heavy (non-hydrogen) atoms. The molecular weight excluding hydrogens is 188 g/mol. The zero-order valence-electron chi connectivity index (χ0n) is 9.36. The predicted molar refractivity (Wildman–Crippen MR) is 60.8 cm³/mol. The molecule has 0 radical (unpaired) electrons. The Hall–Kier alpha value is -1.15. The van der Waals surface area contributed by atoms with Crippen molar-refractivity contribution in [3.05, 3.63) is 35.4 Å². The lowest BCUT2D eigenvalue weighted by molar-refractivity contribution is -0.126. The molecule has 1 aromatic carbocycles. The van der Waals surface area contributed by atoms with Gasteiger partial charge in [0.2, 0.25) is 0 Å². The van der Waals surface area contributed by atoms with Crippen molar-refractivity contribution in [1.29, 1.82) is 0 Å². The van der Waals surface area contributed by atoms with Crippen molar-refractivity contribution in [2.75, 3.05) is 0 Å². The van der Waals surface area contributed by atoms with E-state index in [1.54, 1.807) is 0 Å². The SMILES string of the molecule is CCCC(O)C(=O)Cc1cccc(C)c1. The fraction of sp³-hybridized carbons (Fsp3) is 0.462. The second kappa shape index (κ2) is 5.66. The smallest absolute Gasteiger partial charge is 0.165 e. The van der Waals surface area contributed by atoms with Gasteiger partial charge in [0.25, 0.3) is 0 Å². The zero-order chi connectivity index (χ0) is 11.3. The summed E-state index contributed by atoms with van der Waals surface area (Å²) in [6.45, 7) is 3.96. The third-order valence-corrected chi connectivity index (χ3v) is 2.39. The fourth-order valence-corrected chi connectivity index (χ4v) is 1.58. The van der Waals surface area contributed by atoms with Gasteiger partial charge in [-0.3, -0.25) is 4.79 Å². The summed E-state index contributed by atoms with van der Waals surface area (Å²) in [5, 5.41) is 9.50. The van der Waals surface area contributed by atoms with Crippen molar-refractivity contribution in [3.8, 4) is 0 Å². The minimum Gasteiger partial charge on any atom is -0.385 e. The summed E-state index contributed by atoms with van der Waals surface area (Å²) in [4.78, 5) is 11.6. The Balaban J connectivity index is 2.58. The summed E-state index contributed by atoms with van der Waals surface area (Å²) in [5.74, 6) is -0.0811. The molecule has 1 rings (SSSR count). The number of ketones is 1. The largest absolute Gasteiger partial charge is 0.385 e. The maximum Gasteiger partial charge on any atom is 0.165 e. The Labute approximate surface area is 90.9 Å². The highest BCUT2D eigenvalue weighted by Crippen LogP contribution is 2.08. The minimum atomic E-state index is -0.796. The maximum atomic E-state index is 11.6. The van der Waals surface area contributed by atoms with E-state index in [4.69, 9.17) is 0 Å². The number of benzene rings is 1. The summed E-state index contributed by atoms with van der Waals surface area (Å²) in [7, 11) is 0. The van der Waals surface area contributed by atoms with Gasteiger partial charge in [0.15, 0.2) is 5.78 Å². The molecule has 0 heterocycles. The van der Waals surface area contributed by atoms with Crippen molar-refractivity contribution in [2.45, 2.75) is 39.2 Å². The zero-order valence-corrected chi connectivity index (χ0v) is 9.36. The van der Waals surface area contributed by atoms with Gasteiger partial charge in [-0.05, 0) is 18.9 Å². The van der Waals surface area contributed by atoms with Gasteiger partial charge in [0.1, 0.15) is 6.10 Å². The predicted octanol–water partition coefficient (Wildman–Crippen LogP) is 2.27. The number of aliphatic hydroxyl groups excluding tert-OH is 1. The molecule has 0 aromatic heterocycles. The van der Waals surface area contributed by atoms with Crippen LogP contribution in [0, 0.1) is 6.92 Å². The van der Waals surface area contributed by atoms with Gasteiger partial charge in [-0.1, -0.05) is 43.2 Å². The number of aliphatic hydroxyl groups is 1. The van der Waals surface area contributed by atoms with Gasteiger partial charge in [-0.15, -0.1) is 0 Å². The van der Waals surface area contributed by atoms with E-state index >= 15 is 0 Å². The van der Waals surface area contributed by atoms with Crippen LogP contribution in [0.5, 0.6) is 0 Å². The van der Waals surface area contributed by atoms with Crippen LogP contribution in [0.4, 0.5) is 0 Å². The van der Waals surface area contributed by atoms with Crippen molar-refractivity contribution >= 4 is 5.78 Å². The van der Waals surface area contributed by atoms with Crippen LogP contribution in [-0.4, -0.2) is 17.0 Å². The second-order valence-electron chi connectivity index (χ2n) is 3.94.